The molecule has 6 nitrogen and oxygen atoms in total. The Hall–Kier alpha value is -1.43. The number of amides is 2. The van der Waals surface area contributed by atoms with Crippen LogP contribution in [0.25, 0.3) is 0 Å². The van der Waals surface area contributed by atoms with E-state index in [1.165, 1.54) is 0 Å². The summed E-state index contributed by atoms with van der Waals surface area (Å²) in [5.74, 6) is 0.448. The van der Waals surface area contributed by atoms with E-state index in [1.807, 2.05) is 0 Å². The third-order valence-corrected chi connectivity index (χ3v) is 3.85. The fraction of sp³-hybridized carbons (Fsp3) is 0.769. The standard InChI is InChI=1S/C13H21N3O3/c1-11(17)15-8-6-14(7-9-15)10-13(19)16-4-2-12(18)3-5-16/h2-10H2,1H3. The lowest BCUT2D eigenvalue weighted by Crippen LogP contribution is -2.51. The number of ketones is 1. The third kappa shape index (κ3) is 3.76. The van der Waals surface area contributed by atoms with Crippen molar-refractivity contribution in [2.45, 2.75) is 19.8 Å². The molecule has 2 aliphatic heterocycles. The predicted octanol–water partition coefficient (Wildman–Crippen LogP) is -0.658. The maximum Gasteiger partial charge on any atom is 0.236 e. The van der Waals surface area contributed by atoms with Gasteiger partial charge in [-0.3, -0.25) is 19.3 Å². The summed E-state index contributed by atoms with van der Waals surface area (Å²) in [4.78, 5) is 40.1. The van der Waals surface area contributed by atoms with E-state index in [4.69, 9.17) is 0 Å². The summed E-state index contributed by atoms with van der Waals surface area (Å²) < 4.78 is 0. The van der Waals surface area contributed by atoms with Crippen LogP contribution in [0.1, 0.15) is 19.8 Å². The Kier molecular flexibility index (Phi) is 4.52. The minimum absolute atomic E-state index is 0.0977. The van der Waals surface area contributed by atoms with E-state index in [-0.39, 0.29) is 17.6 Å². The normalized spacial score (nSPS) is 21.6. The monoisotopic (exact) mass is 267 g/mol. The number of Topliss-reactive ketones (excluding diaryl/α,β-unsaturated/α-hetero) is 1. The zero-order valence-corrected chi connectivity index (χ0v) is 11.4. The Bertz CT molecular complexity index is 365. The molecule has 0 saturated carbocycles. The zero-order valence-electron chi connectivity index (χ0n) is 11.4. The minimum atomic E-state index is 0.0977. The van der Waals surface area contributed by atoms with E-state index < -0.39 is 0 Å². The second-order valence-corrected chi connectivity index (χ2v) is 5.20. The molecule has 0 N–H and O–H groups in total. The van der Waals surface area contributed by atoms with Crippen LogP contribution >= 0.6 is 0 Å². The van der Waals surface area contributed by atoms with Gasteiger partial charge in [-0.05, 0) is 0 Å². The van der Waals surface area contributed by atoms with Gasteiger partial charge in [-0.15, -0.1) is 0 Å². The molecular weight excluding hydrogens is 246 g/mol. The molecule has 19 heavy (non-hydrogen) atoms. The molecule has 0 unspecified atom stereocenters. The van der Waals surface area contributed by atoms with Crippen LogP contribution in [0.15, 0.2) is 0 Å². The maximum absolute atomic E-state index is 12.1. The Morgan fingerprint density at radius 2 is 1.53 bits per heavy atom. The molecule has 6 heteroatoms. The number of carbonyl (C=O) groups is 3. The van der Waals surface area contributed by atoms with E-state index in [1.54, 1.807) is 16.7 Å². The third-order valence-electron chi connectivity index (χ3n) is 3.85. The highest BCUT2D eigenvalue weighted by molar-refractivity contribution is 5.84. The van der Waals surface area contributed by atoms with Gasteiger partial charge in [0.2, 0.25) is 11.8 Å². The number of piperidine rings is 1. The molecule has 0 aliphatic carbocycles. The van der Waals surface area contributed by atoms with Crippen molar-refractivity contribution < 1.29 is 14.4 Å². The van der Waals surface area contributed by atoms with Crippen LogP contribution in [-0.4, -0.2) is 78.1 Å². The van der Waals surface area contributed by atoms with Crippen molar-refractivity contribution in [2.75, 3.05) is 45.8 Å². The van der Waals surface area contributed by atoms with E-state index >= 15 is 0 Å². The number of carbonyl (C=O) groups excluding carboxylic acids is 3. The summed E-state index contributed by atoms with van der Waals surface area (Å²) in [7, 11) is 0. The van der Waals surface area contributed by atoms with Crippen LogP contribution < -0.4 is 0 Å². The maximum atomic E-state index is 12.1. The first-order chi connectivity index (χ1) is 9.06. The summed E-state index contributed by atoms with van der Waals surface area (Å²) in [6, 6.07) is 0. The first kappa shape index (κ1) is 14.0. The van der Waals surface area contributed by atoms with Crippen LogP contribution in [0.2, 0.25) is 0 Å². The van der Waals surface area contributed by atoms with Gasteiger partial charge in [0.25, 0.3) is 0 Å². The van der Waals surface area contributed by atoms with Crippen molar-refractivity contribution in [2.24, 2.45) is 0 Å². The summed E-state index contributed by atoms with van der Waals surface area (Å²) in [6.07, 6.45) is 0.980. The molecule has 0 atom stereocenters. The van der Waals surface area contributed by atoms with Crippen LogP contribution in [-0.2, 0) is 14.4 Å². The SMILES string of the molecule is CC(=O)N1CCN(CC(=O)N2CCC(=O)CC2)CC1. The first-order valence-electron chi connectivity index (χ1n) is 6.83. The summed E-state index contributed by atoms with van der Waals surface area (Å²) in [6.45, 7) is 5.99. The van der Waals surface area contributed by atoms with E-state index in [2.05, 4.69) is 4.90 Å². The molecule has 2 fully saturated rings. The smallest absolute Gasteiger partial charge is 0.236 e. The molecule has 2 amide bonds. The molecule has 0 bridgehead atoms. The second-order valence-electron chi connectivity index (χ2n) is 5.20. The first-order valence-corrected chi connectivity index (χ1v) is 6.83. The summed E-state index contributed by atoms with van der Waals surface area (Å²) in [5.41, 5.74) is 0. The fourth-order valence-corrected chi connectivity index (χ4v) is 2.52. The minimum Gasteiger partial charge on any atom is -0.341 e. The molecule has 0 radical (unpaired) electrons. The van der Waals surface area contributed by atoms with Gasteiger partial charge in [0, 0.05) is 59.0 Å². The molecule has 2 saturated heterocycles. The highest BCUT2D eigenvalue weighted by Gasteiger charge is 2.24. The Morgan fingerprint density at radius 1 is 0.947 bits per heavy atom. The topological polar surface area (TPSA) is 60.9 Å². The number of piperazine rings is 1. The van der Waals surface area contributed by atoms with E-state index in [0.29, 0.717) is 45.6 Å². The average Bonchev–Trinajstić information content (AvgIpc) is 2.40. The van der Waals surface area contributed by atoms with Gasteiger partial charge in [0.15, 0.2) is 0 Å². The van der Waals surface area contributed by atoms with Crippen LogP contribution in [0, 0.1) is 0 Å². The highest BCUT2D eigenvalue weighted by atomic mass is 16.2. The largest absolute Gasteiger partial charge is 0.341 e. The van der Waals surface area contributed by atoms with Gasteiger partial charge in [-0.25, -0.2) is 0 Å². The van der Waals surface area contributed by atoms with Crippen molar-refractivity contribution in [3.8, 4) is 0 Å². The lowest BCUT2D eigenvalue weighted by atomic mass is 10.1. The quantitative estimate of drug-likeness (QED) is 0.666. The van der Waals surface area contributed by atoms with Crippen molar-refractivity contribution >= 4 is 17.6 Å². The Morgan fingerprint density at radius 3 is 2.05 bits per heavy atom. The number of rotatable bonds is 2. The summed E-state index contributed by atoms with van der Waals surface area (Å²) >= 11 is 0. The van der Waals surface area contributed by atoms with E-state index in [9.17, 15) is 14.4 Å². The van der Waals surface area contributed by atoms with E-state index in [0.717, 1.165) is 13.1 Å². The lowest BCUT2D eigenvalue weighted by molar-refractivity contribution is -0.136. The van der Waals surface area contributed by atoms with Gasteiger partial charge >= 0.3 is 0 Å². The van der Waals surface area contributed by atoms with Gasteiger partial charge in [-0.1, -0.05) is 0 Å². The highest BCUT2D eigenvalue weighted by Crippen LogP contribution is 2.08. The molecule has 2 heterocycles. The molecule has 106 valence electrons. The van der Waals surface area contributed by atoms with Crippen molar-refractivity contribution in [3.05, 3.63) is 0 Å². The second kappa shape index (κ2) is 6.14. The Labute approximate surface area is 113 Å². The Balaban J connectivity index is 1.74. The van der Waals surface area contributed by atoms with Gasteiger partial charge < -0.3 is 9.80 Å². The fourth-order valence-electron chi connectivity index (χ4n) is 2.52. The van der Waals surface area contributed by atoms with Gasteiger partial charge in [-0.2, -0.15) is 0 Å². The number of nitrogens with zero attached hydrogens (tertiary/aromatic N) is 3. The van der Waals surface area contributed by atoms with Gasteiger partial charge in [0.05, 0.1) is 6.54 Å². The molecule has 2 rings (SSSR count). The van der Waals surface area contributed by atoms with Crippen LogP contribution in [0.4, 0.5) is 0 Å². The van der Waals surface area contributed by atoms with Crippen molar-refractivity contribution in [1.82, 2.24) is 14.7 Å². The molecule has 0 aromatic carbocycles. The molecule has 0 spiro atoms. The van der Waals surface area contributed by atoms with Gasteiger partial charge in [0.1, 0.15) is 5.78 Å². The molecular formula is C13H21N3O3. The molecule has 0 aromatic rings. The van der Waals surface area contributed by atoms with Crippen LogP contribution in [0.5, 0.6) is 0 Å². The zero-order chi connectivity index (χ0) is 13.8. The predicted molar refractivity (Wildman–Crippen MR) is 69.5 cm³/mol. The lowest BCUT2D eigenvalue weighted by Gasteiger charge is -2.35. The molecule has 2 aliphatic rings. The average molecular weight is 267 g/mol. The number of likely N-dealkylation sites (tertiary alicyclic amines) is 1. The number of hydrogen-bond acceptors (Lipinski definition) is 4. The molecule has 0 aromatic heterocycles. The number of hydrogen-bond donors (Lipinski definition) is 0. The van der Waals surface area contributed by atoms with Crippen molar-refractivity contribution in [3.63, 3.8) is 0 Å². The summed E-state index contributed by atoms with van der Waals surface area (Å²) in [5, 5.41) is 0. The van der Waals surface area contributed by atoms with Crippen LogP contribution in [0.3, 0.4) is 0 Å². The van der Waals surface area contributed by atoms with Crippen molar-refractivity contribution in [1.29, 1.82) is 0 Å².